The Kier molecular flexibility index (Phi) is 7.21. The lowest BCUT2D eigenvalue weighted by Gasteiger charge is -2.26. The Morgan fingerprint density at radius 1 is 1.16 bits per heavy atom. The molecule has 1 aliphatic rings. The highest BCUT2D eigenvalue weighted by Crippen LogP contribution is 2.29. The first-order chi connectivity index (χ1) is 11.8. The molecule has 2 heterocycles. The van der Waals surface area contributed by atoms with E-state index in [9.17, 15) is 13.2 Å². The molecule has 142 valence electrons. The van der Waals surface area contributed by atoms with Crippen molar-refractivity contribution in [1.82, 2.24) is 19.8 Å². The minimum atomic E-state index is -4.51. The quantitative estimate of drug-likeness (QED) is 0.721. The second-order valence-electron chi connectivity index (χ2n) is 6.07. The first kappa shape index (κ1) is 19.7. The third kappa shape index (κ3) is 7.00. The number of hydrogen-bond acceptors (Lipinski definition) is 7. The molecule has 1 aromatic heterocycles. The Balaban J connectivity index is 1.96. The maximum Gasteiger partial charge on any atom is 0.433 e. The number of ether oxygens (including phenoxy) is 1. The maximum absolute atomic E-state index is 13.0. The van der Waals surface area contributed by atoms with Crippen molar-refractivity contribution in [3.63, 3.8) is 0 Å². The van der Waals surface area contributed by atoms with Gasteiger partial charge in [0, 0.05) is 45.3 Å². The monoisotopic (exact) mass is 362 g/mol. The maximum atomic E-state index is 13.0. The summed E-state index contributed by atoms with van der Waals surface area (Å²) in [5.74, 6) is 0.147. The summed E-state index contributed by atoms with van der Waals surface area (Å²) in [6.07, 6.45) is -4.51. The molecule has 1 fully saturated rings. The van der Waals surface area contributed by atoms with Gasteiger partial charge >= 0.3 is 6.18 Å². The highest BCUT2D eigenvalue weighted by molar-refractivity contribution is 5.43. The van der Waals surface area contributed by atoms with E-state index < -0.39 is 11.9 Å². The van der Waals surface area contributed by atoms with Gasteiger partial charge < -0.3 is 20.3 Å². The fraction of sp³-hybridized carbons (Fsp3) is 0.733. The van der Waals surface area contributed by atoms with Crippen LogP contribution in [0.25, 0.3) is 0 Å². The van der Waals surface area contributed by atoms with Gasteiger partial charge in [-0.05, 0) is 14.1 Å². The molecule has 2 rings (SSSR count). The van der Waals surface area contributed by atoms with E-state index in [-0.39, 0.29) is 11.8 Å². The van der Waals surface area contributed by atoms with Gasteiger partial charge in [0.1, 0.15) is 5.82 Å². The second-order valence-corrected chi connectivity index (χ2v) is 6.07. The van der Waals surface area contributed by atoms with E-state index in [1.54, 1.807) is 0 Å². The van der Waals surface area contributed by atoms with Crippen LogP contribution < -0.4 is 10.6 Å². The van der Waals surface area contributed by atoms with Gasteiger partial charge in [0.15, 0.2) is 5.69 Å². The molecule has 0 aliphatic carbocycles. The molecule has 0 spiro atoms. The number of morpholine rings is 1. The fourth-order valence-corrected chi connectivity index (χ4v) is 2.32. The number of nitrogens with zero attached hydrogens (tertiary/aromatic N) is 4. The Bertz CT molecular complexity index is 534. The summed E-state index contributed by atoms with van der Waals surface area (Å²) in [5, 5.41) is 5.80. The molecular weight excluding hydrogens is 337 g/mol. The van der Waals surface area contributed by atoms with Gasteiger partial charge in [0.25, 0.3) is 0 Å². The minimum absolute atomic E-state index is 0.0226. The van der Waals surface area contributed by atoms with Gasteiger partial charge in [-0.3, -0.25) is 4.90 Å². The lowest BCUT2D eigenvalue weighted by molar-refractivity contribution is -0.141. The predicted octanol–water partition coefficient (Wildman–Crippen LogP) is 1.21. The average Bonchev–Trinajstić information content (AvgIpc) is 2.54. The molecule has 0 atom stereocenters. The molecule has 25 heavy (non-hydrogen) atoms. The van der Waals surface area contributed by atoms with Crippen molar-refractivity contribution >= 4 is 11.8 Å². The zero-order valence-corrected chi connectivity index (χ0v) is 14.6. The van der Waals surface area contributed by atoms with Crippen molar-refractivity contribution < 1.29 is 17.9 Å². The topological polar surface area (TPSA) is 65.5 Å². The average molecular weight is 362 g/mol. The molecule has 0 radical (unpaired) electrons. The normalized spacial score (nSPS) is 16.2. The first-order valence-electron chi connectivity index (χ1n) is 8.23. The molecule has 0 unspecified atom stereocenters. The summed E-state index contributed by atoms with van der Waals surface area (Å²) in [4.78, 5) is 11.8. The van der Waals surface area contributed by atoms with E-state index in [1.165, 1.54) is 0 Å². The third-order valence-corrected chi connectivity index (χ3v) is 3.70. The third-order valence-electron chi connectivity index (χ3n) is 3.70. The van der Waals surface area contributed by atoms with Crippen LogP contribution in [0.2, 0.25) is 0 Å². The molecule has 1 aliphatic heterocycles. The van der Waals surface area contributed by atoms with Crippen LogP contribution in [-0.2, 0) is 10.9 Å². The molecule has 1 aromatic rings. The summed E-state index contributed by atoms with van der Waals surface area (Å²) >= 11 is 0. The van der Waals surface area contributed by atoms with E-state index in [1.807, 2.05) is 19.0 Å². The number of halogens is 3. The highest BCUT2D eigenvalue weighted by atomic mass is 19.4. The summed E-state index contributed by atoms with van der Waals surface area (Å²) in [6, 6.07) is 0.941. The molecule has 0 amide bonds. The summed E-state index contributed by atoms with van der Waals surface area (Å²) in [6.45, 7) is 5.38. The van der Waals surface area contributed by atoms with Crippen molar-refractivity contribution in [3.05, 3.63) is 11.8 Å². The van der Waals surface area contributed by atoms with E-state index in [0.717, 1.165) is 25.7 Å². The van der Waals surface area contributed by atoms with Crippen LogP contribution in [0.5, 0.6) is 0 Å². The molecule has 0 saturated carbocycles. The highest BCUT2D eigenvalue weighted by Gasteiger charge is 2.33. The SMILES string of the molecule is CN(C)CCNc1nc(NCCN2CCOCC2)cc(C(F)(F)F)n1. The fourth-order valence-electron chi connectivity index (χ4n) is 2.32. The predicted molar refractivity (Wildman–Crippen MR) is 89.8 cm³/mol. The van der Waals surface area contributed by atoms with Gasteiger partial charge in [0.2, 0.25) is 5.95 Å². The summed E-state index contributed by atoms with van der Waals surface area (Å²) < 4.78 is 44.4. The van der Waals surface area contributed by atoms with Crippen molar-refractivity contribution in [2.24, 2.45) is 0 Å². The Labute approximate surface area is 145 Å². The molecule has 0 aromatic carbocycles. The van der Waals surface area contributed by atoms with Crippen LogP contribution >= 0.6 is 0 Å². The smallest absolute Gasteiger partial charge is 0.379 e. The minimum Gasteiger partial charge on any atom is -0.379 e. The number of alkyl halides is 3. The van der Waals surface area contributed by atoms with Crippen molar-refractivity contribution in [2.75, 3.05) is 77.2 Å². The lowest BCUT2D eigenvalue weighted by Crippen LogP contribution is -2.39. The van der Waals surface area contributed by atoms with Crippen LogP contribution in [0.15, 0.2) is 6.07 Å². The molecule has 7 nitrogen and oxygen atoms in total. The number of hydrogen-bond donors (Lipinski definition) is 2. The number of nitrogens with one attached hydrogen (secondary N) is 2. The summed E-state index contributed by atoms with van der Waals surface area (Å²) in [7, 11) is 3.76. The van der Waals surface area contributed by atoms with Gasteiger partial charge in [-0.1, -0.05) is 0 Å². The van der Waals surface area contributed by atoms with Crippen LogP contribution in [0.4, 0.5) is 24.9 Å². The molecule has 1 saturated heterocycles. The molecule has 2 N–H and O–H groups in total. The number of aromatic nitrogens is 2. The first-order valence-corrected chi connectivity index (χ1v) is 8.23. The van der Waals surface area contributed by atoms with Gasteiger partial charge in [-0.2, -0.15) is 18.2 Å². The van der Waals surface area contributed by atoms with Crippen molar-refractivity contribution in [2.45, 2.75) is 6.18 Å². The molecule has 0 bridgehead atoms. The number of rotatable bonds is 8. The standard InChI is InChI=1S/C15H25F3N6O/c1-23(2)5-3-20-14-21-12(15(16,17)18)11-13(22-14)19-4-6-24-7-9-25-10-8-24/h11H,3-10H2,1-2H3,(H2,19,20,21,22). The van der Waals surface area contributed by atoms with Crippen molar-refractivity contribution in [1.29, 1.82) is 0 Å². The van der Waals surface area contributed by atoms with Crippen molar-refractivity contribution in [3.8, 4) is 0 Å². The van der Waals surface area contributed by atoms with E-state index >= 15 is 0 Å². The summed E-state index contributed by atoms with van der Waals surface area (Å²) in [5.41, 5.74) is -0.955. The Morgan fingerprint density at radius 3 is 2.52 bits per heavy atom. The van der Waals surface area contributed by atoms with Crippen LogP contribution in [0.1, 0.15) is 5.69 Å². The molecule has 10 heteroatoms. The lowest BCUT2D eigenvalue weighted by atomic mass is 10.3. The van der Waals surface area contributed by atoms with Gasteiger partial charge in [-0.25, -0.2) is 4.98 Å². The Morgan fingerprint density at radius 2 is 1.88 bits per heavy atom. The zero-order chi connectivity index (χ0) is 18.3. The van der Waals surface area contributed by atoms with Crippen LogP contribution in [0.3, 0.4) is 0 Å². The van der Waals surface area contributed by atoms with E-state index in [4.69, 9.17) is 4.74 Å². The van der Waals surface area contributed by atoms with E-state index in [2.05, 4.69) is 25.5 Å². The zero-order valence-electron chi connectivity index (χ0n) is 14.6. The van der Waals surface area contributed by atoms with Crippen LogP contribution in [-0.4, -0.2) is 86.3 Å². The van der Waals surface area contributed by atoms with Gasteiger partial charge in [-0.15, -0.1) is 0 Å². The largest absolute Gasteiger partial charge is 0.433 e. The number of anilines is 2. The number of likely N-dealkylation sites (N-methyl/N-ethyl adjacent to an activating group) is 1. The Hall–Kier alpha value is -1.65. The van der Waals surface area contributed by atoms with Gasteiger partial charge in [0.05, 0.1) is 13.2 Å². The van der Waals surface area contributed by atoms with Crippen LogP contribution in [0, 0.1) is 0 Å². The second kappa shape index (κ2) is 9.16. The van der Waals surface area contributed by atoms with E-state index in [0.29, 0.717) is 32.8 Å². The molecular formula is C15H25F3N6O.